The second-order valence-corrected chi connectivity index (χ2v) is 4.70. The van der Waals surface area contributed by atoms with E-state index in [0.29, 0.717) is 5.69 Å². The largest absolute Gasteiger partial charge is 0.466 e. The number of ether oxygens (including phenoxy) is 1. The Morgan fingerprint density at radius 2 is 1.96 bits per heavy atom. The lowest BCUT2D eigenvalue weighted by molar-refractivity contribution is -0.145. The molecule has 1 atom stereocenters. The number of nitrogens with two attached hydrogens (primary N) is 1. The highest BCUT2D eigenvalue weighted by Gasteiger charge is 2.23. The molecule has 1 rings (SSSR count). The molecule has 3 amide bonds. The molecule has 0 saturated heterocycles. The number of anilines is 1. The summed E-state index contributed by atoms with van der Waals surface area (Å²) < 4.78 is 4.73. The number of nitrogens with one attached hydrogen (secondary N) is 2. The molecule has 124 valence electrons. The average molecular weight is 321 g/mol. The van der Waals surface area contributed by atoms with E-state index >= 15 is 0 Å². The number of carbonyl (C=O) groups excluding carboxylic acids is 4. The summed E-state index contributed by atoms with van der Waals surface area (Å²) >= 11 is 0. The number of hydrogen-bond donors (Lipinski definition) is 3. The third-order valence-electron chi connectivity index (χ3n) is 2.77. The second-order valence-electron chi connectivity index (χ2n) is 4.70. The quantitative estimate of drug-likeness (QED) is 0.617. The number of amides is 3. The van der Waals surface area contributed by atoms with Gasteiger partial charge in [-0.15, -0.1) is 0 Å². The van der Waals surface area contributed by atoms with Crippen LogP contribution in [0.1, 0.15) is 30.6 Å². The third-order valence-corrected chi connectivity index (χ3v) is 2.77. The van der Waals surface area contributed by atoms with Crippen molar-refractivity contribution in [3.05, 3.63) is 29.8 Å². The van der Waals surface area contributed by atoms with Crippen molar-refractivity contribution in [3.63, 3.8) is 0 Å². The molecule has 1 aromatic rings. The van der Waals surface area contributed by atoms with E-state index in [0.717, 1.165) is 0 Å². The minimum Gasteiger partial charge on any atom is -0.466 e. The summed E-state index contributed by atoms with van der Waals surface area (Å²) in [6.07, 6.45) is -0.347. The van der Waals surface area contributed by atoms with Crippen LogP contribution in [0.4, 0.5) is 5.69 Å². The molecule has 0 unspecified atom stereocenters. The minimum absolute atomic E-state index is 0.164. The Hall–Kier alpha value is -2.90. The monoisotopic (exact) mass is 321 g/mol. The average Bonchev–Trinajstić information content (AvgIpc) is 2.46. The van der Waals surface area contributed by atoms with E-state index in [1.165, 1.54) is 19.1 Å². The molecule has 8 nitrogen and oxygen atoms in total. The molecule has 0 heterocycles. The lowest BCUT2D eigenvalue weighted by Crippen LogP contribution is -2.45. The zero-order valence-corrected chi connectivity index (χ0v) is 12.9. The van der Waals surface area contributed by atoms with Crippen LogP contribution in [0.5, 0.6) is 0 Å². The van der Waals surface area contributed by atoms with Gasteiger partial charge in [0.15, 0.2) is 0 Å². The van der Waals surface area contributed by atoms with Crippen molar-refractivity contribution in [2.45, 2.75) is 26.3 Å². The van der Waals surface area contributed by atoms with E-state index in [4.69, 9.17) is 10.5 Å². The summed E-state index contributed by atoms with van der Waals surface area (Å²) in [6, 6.07) is 4.96. The first-order chi connectivity index (χ1) is 10.8. The molecule has 0 saturated carbocycles. The van der Waals surface area contributed by atoms with Gasteiger partial charge in [-0.3, -0.25) is 19.2 Å². The molecule has 0 radical (unpaired) electrons. The zero-order valence-electron chi connectivity index (χ0n) is 12.9. The highest BCUT2D eigenvalue weighted by atomic mass is 16.5. The molecule has 8 heteroatoms. The van der Waals surface area contributed by atoms with Gasteiger partial charge < -0.3 is 21.1 Å². The van der Waals surface area contributed by atoms with Gasteiger partial charge in [0.25, 0.3) is 5.91 Å². The number of hydrogen-bond acceptors (Lipinski definition) is 5. The van der Waals surface area contributed by atoms with Gasteiger partial charge in [-0.05, 0) is 25.1 Å². The van der Waals surface area contributed by atoms with Crippen molar-refractivity contribution >= 4 is 29.4 Å². The van der Waals surface area contributed by atoms with Crippen molar-refractivity contribution in [2.75, 3.05) is 11.9 Å². The smallest absolute Gasteiger partial charge is 0.308 e. The molecule has 0 aliphatic heterocycles. The van der Waals surface area contributed by atoms with Crippen molar-refractivity contribution in [3.8, 4) is 0 Å². The van der Waals surface area contributed by atoms with Crippen LogP contribution in [-0.2, 0) is 19.1 Å². The number of carbonyl (C=O) groups is 4. The van der Waals surface area contributed by atoms with Crippen LogP contribution in [0.2, 0.25) is 0 Å². The van der Waals surface area contributed by atoms with Crippen LogP contribution >= 0.6 is 0 Å². The topological polar surface area (TPSA) is 128 Å². The molecule has 0 fully saturated rings. The van der Waals surface area contributed by atoms with E-state index in [1.807, 2.05) is 0 Å². The van der Waals surface area contributed by atoms with E-state index in [9.17, 15) is 19.2 Å². The first kappa shape index (κ1) is 18.1. The van der Waals surface area contributed by atoms with E-state index in [1.54, 1.807) is 19.1 Å². The van der Waals surface area contributed by atoms with Crippen LogP contribution in [0.15, 0.2) is 24.3 Å². The lowest BCUT2D eigenvalue weighted by Gasteiger charge is -2.15. The Balaban J connectivity index is 2.80. The summed E-state index contributed by atoms with van der Waals surface area (Å²) in [5.74, 6) is -2.35. The molecule has 4 N–H and O–H groups in total. The predicted octanol–water partition coefficient (Wildman–Crippen LogP) is 0.182. The van der Waals surface area contributed by atoms with Crippen molar-refractivity contribution in [1.82, 2.24) is 5.32 Å². The maximum absolute atomic E-state index is 12.2. The van der Waals surface area contributed by atoms with Crippen molar-refractivity contribution < 1.29 is 23.9 Å². The van der Waals surface area contributed by atoms with E-state index in [2.05, 4.69) is 10.6 Å². The number of primary amides is 1. The summed E-state index contributed by atoms with van der Waals surface area (Å²) in [5, 5.41) is 4.92. The molecule has 0 aliphatic rings. The van der Waals surface area contributed by atoms with Crippen molar-refractivity contribution in [1.29, 1.82) is 0 Å². The van der Waals surface area contributed by atoms with E-state index < -0.39 is 23.8 Å². The zero-order chi connectivity index (χ0) is 17.4. The fourth-order valence-corrected chi connectivity index (χ4v) is 1.79. The van der Waals surface area contributed by atoms with Crippen LogP contribution in [0, 0.1) is 0 Å². The van der Waals surface area contributed by atoms with E-state index in [-0.39, 0.29) is 24.5 Å². The van der Waals surface area contributed by atoms with Gasteiger partial charge in [0, 0.05) is 18.2 Å². The summed E-state index contributed by atoms with van der Waals surface area (Å²) in [5.41, 5.74) is 5.84. The Morgan fingerprint density at radius 3 is 2.52 bits per heavy atom. The normalized spacial score (nSPS) is 11.2. The van der Waals surface area contributed by atoms with Crippen LogP contribution < -0.4 is 16.4 Å². The molecule has 23 heavy (non-hydrogen) atoms. The number of benzene rings is 1. The SMILES string of the molecule is CCOC(=O)C[C@@H](NC(=O)c1cccc(NC(C)=O)c1)C(N)=O. The van der Waals surface area contributed by atoms with Gasteiger partial charge in [0.1, 0.15) is 6.04 Å². The molecule has 0 aliphatic carbocycles. The van der Waals surface area contributed by atoms with Crippen LogP contribution in [-0.4, -0.2) is 36.3 Å². The van der Waals surface area contributed by atoms with Gasteiger partial charge in [0.05, 0.1) is 13.0 Å². The fourth-order valence-electron chi connectivity index (χ4n) is 1.79. The molecule has 1 aromatic carbocycles. The summed E-state index contributed by atoms with van der Waals surface area (Å²) in [7, 11) is 0. The van der Waals surface area contributed by atoms with Gasteiger partial charge in [0.2, 0.25) is 11.8 Å². The first-order valence-electron chi connectivity index (χ1n) is 6.97. The molecule has 0 spiro atoms. The Bertz CT molecular complexity index is 615. The Kier molecular flexibility index (Phi) is 6.72. The van der Waals surface area contributed by atoms with Gasteiger partial charge in [-0.2, -0.15) is 0 Å². The highest BCUT2D eigenvalue weighted by Crippen LogP contribution is 2.11. The molecular weight excluding hydrogens is 302 g/mol. The maximum Gasteiger partial charge on any atom is 0.308 e. The minimum atomic E-state index is -1.18. The van der Waals surface area contributed by atoms with Crippen molar-refractivity contribution in [2.24, 2.45) is 5.73 Å². The fraction of sp³-hybridized carbons (Fsp3) is 0.333. The summed E-state index contributed by atoms with van der Waals surface area (Å²) in [6.45, 7) is 3.13. The standard InChI is InChI=1S/C15H19N3O5/c1-3-23-13(20)8-12(14(16)21)18-15(22)10-5-4-6-11(7-10)17-9(2)19/h4-7,12H,3,8H2,1-2H3,(H2,16,21)(H,17,19)(H,18,22)/t12-/m1/s1. The Labute approximate surface area is 133 Å². The van der Waals surface area contributed by atoms with Crippen LogP contribution in [0.25, 0.3) is 0 Å². The number of rotatable bonds is 7. The molecular formula is C15H19N3O5. The van der Waals surface area contributed by atoms with Gasteiger partial charge >= 0.3 is 5.97 Å². The molecule has 0 bridgehead atoms. The van der Waals surface area contributed by atoms with Gasteiger partial charge in [-0.1, -0.05) is 6.07 Å². The number of esters is 1. The van der Waals surface area contributed by atoms with Crippen LogP contribution in [0.3, 0.4) is 0 Å². The maximum atomic E-state index is 12.2. The Morgan fingerprint density at radius 1 is 1.26 bits per heavy atom. The van der Waals surface area contributed by atoms with Gasteiger partial charge in [-0.25, -0.2) is 0 Å². The second kappa shape index (κ2) is 8.52. The first-order valence-corrected chi connectivity index (χ1v) is 6.97. The highest BCUT2D eigenvalue weighted by molar-refractivity contribution is 5.99. The lowest BCUT2D eigenvalue weighted by atomic mass is 10.1. The third kappa shape index (κ3) is 6.16. The predicted molar refractivity (Wildman–Crippen MR) is 82.4 cm³/mol. The summed E-state index contributed by atoms with van der Waals surface area (Å²) in [4.78, 5) is 46.0. The molecule has 0 aromatic heterocycles.